The molecule has 0 unspecified atom stereocenters. The number of nitrogens with one attached hydrogen (secondary N) is 1. The first-order valence-electron chi connectivity index (χ1n) is 15.0. The number of aromatic nitrogens is 1. The van der Waals surface area contributed by atoms with Gasteiger partial charge in [-0.3, -0.25) is 9.78 Å². The van der Waals surface area contributed by atoms with Crippen molar-refractivity contribution in [1.82, 2.24) is 14.8 Å². The van der Waals surface area contributed by atoms with Crippen LogP contribution < -0.4 is 5.32 Å². The quantitative estimate of drug-likeness (QED) is 0.124. The highest BCUT2D eigenvalue weighted by atomic mass is 35.5. The monoisotopic (exact) mass is 623 g/mol. The molecule has 0 radical (unpaired) electrons. The van der Waals surface area contributed by atoms with Crippen molar-refractivity contribution < 1.29 is 9.63 Å². The molecule has 2 aromatic heterocycles. The first-order valence-corrected chi connectivity index (χ1v) is 16.2. The van der Waals surface area contributed by atoms with Crippen molar-refractivity contribution in [2.24, 2.45) is 5.16 Å². The molecule has 1 fully saturated rings. The largest absolute Gasteiger partial charge is 0.382 e. The Morgan fingerprint density at radius 1 is 1.14 bits per heavy atom. The van der Waals surface area contributed by atoms with E-state index >= 15 is 0 Å². The van der Waals surface area contributed by atoms with Crippen molar-refractivity contribution in [1.29, 1.82) is 0 Å². The Labute approximate surface area is 267 Å². The molecule has 1 saturated heterocycles. The van der Waals surface area contributed by atoms with Crippen LogP contribution in [-0.4, -0.2) is 59.1 Å². The van der Waals surface area contributed by atoms with Gasteiger partial charge in [0.25, 0.3) is 5.91 Å². The van der Waals surface area contributed by atoms with Gasteiger partial charge in [-0.15, -0.1) is 11.3 Å². The third-order valence-corrected chi connectivity index (χ3v) is 7.74. The number of hydrogen-bond donors (Lipinski definition) is 1. The number of likely N-dealkylation sites (tertiary alicyclic amines) is 1. The van der Waals surface area contributed by atoms with Crippen LogP contribution >= 0.6 is 22.9 Å². The van der Waals surface area contributed by atoms with E-state index in [2.05, 4.69) is 39.6 Å². The van der Waals surface area contributed by atoms with E-state index in [-0.39, 0.29) is 5.91 Å². The number of anilines is 1. The van der Waals surface area contributed by atoms with E-state index in [1.165, 1.54) is 11.3 Å². The number of amides is 1. The maximum absolute atomic E-state index is 13.7. The lowest BCUT2D eigenvalue weighted by Crippen LogP contribution is -2.46. The second kappa shape index (κ2) is 19.5. The molecule has 0 spiro atoms. The second-order valence-corrected chi connectivity index (χ2v) is 11.2. The average molecular weight is 624 g/mol. The predicted molar refractivity (Wildman–Crippen MR) is 184 cm³/mol. The maximum atomic E-state index is 13.7. The van der Waals surface area contributed by atoms with Crippen molar-refractivity contribution in [2.75, 3.05) is 31.5 Å². The van der Waals surface area contributed by atoms with Gasteiger partial charge in [0.15, 0.2) is 5.76 Å². The summed E-state index contributed by atoms with van der Waals surface area (Å²) in [5.74, 6) is 0.477. The summed E-state index contributed by atoms with van der Waals surface area (Å²) in [4.78, 5) is 28.1. The fourth-order valence-corrected chi connectivity index (χ4v) is 5.34. The highest BCUT2D eigenvalue weighted by molar-refractivity contribution is 7.17. The molecule has 43 heavy (non-hydrogen) atoms. The highest BCUT2D eigenvalue weighted by Crippen LogP contribution is 2.27. The summed E-state index contributed by atoms with van der Waals surface area (Å²) in [6, 6.07) is 7.90. The number of thiophene rings is 1. The fraction of sp³-hybridized carbons (Fsp3) is 0.382. The molecule has 232 valence electrons. The minimum absolute atomic E-state index is 0.0406. The van der Waals surface area contributed by atoms with Crippen molar-refractivity contribution in [2.45, 2.75) is 59.9 Å². The van der Waals surface area contributed by atoms with Crippen LogP contribution in [0.15, 0.2) is 96.1 Å². The Hall–Kier alpha value is -3.62. The number of nitrogens with zero attached hydrogens (tertiary/aromatic N) is 4. The van der Waals surface area contributed by atoms with Crippen LogP contribution in [0.2, 0.25) is 4.34 Å². The number of rotatable bonds is 10. The summed E-state index contributed by atoms with van der Waals surface area (Å²) < 4.78 is 0.666. The van der Waals surface area contributed by atoms with Gasteiger partial charge in [-0.25, -0.2) is 0 Å². The normalized spacial score (nSPS) is 16.2. The highest BCUT2D eigenvalue weighted by Gasteiger charge is 2.29. The lowest BCUT2D eigenvalue weighted by atomic mass is 10.0. The number of pyridine rings is 1. The van der Waals surface area contributed by atoms with Crippen LogP contribution in [0, 0.1) is 0 Å². The van der Waals surface area contributed by atoms with Crippen LogP contribution in [0.5, 0.6) is 0 Å². The Kier molecular flexibility index (Phi) is 16.2. The Morgan fingerprint density at radius 2 is 1.84 bits per heavy atom. The summed E-state index contributed by atoms with van der Waals surface area (Å²) in [5, 5.41) is 7.64. The molecule has 4 heterocycles. The number of carbonyl (C=O) groups excluding carboxylic acids is 1. The molecule has 2 aliphatic heterocycles. The number of hydrogen-bond acceptors (Lipinski definition) is 7. The molecular weight excluding hydrogens is 578 g/mol. The Bertz CT molecular complexity index is 1290. The average Bonchev–Trinajstić information content (AvgIpc) is 3.48. The molecule has 0 aromatic carbocycles. The number of oxime groups is 1. The van der Waals surface area contributed by atoms with Gasteiger partial charge in [0.1, 0.15) is 5.70 Å². The van der Waals surface area contributed by atoms with Crippen LogP contribution in [0.25, 0.3) is 5.76 Å². The molecule has 0 saturated carbocycles. The van der Waals surface area contributed by atoms with Crippen molar-refractivity contribution >= 4 is 46.5 Å². The van der Waals surface area contributed by atoms with E-state index < -0.39 is 0 Å². The number of halogens is 1. The molecular formula is C34H46ClN5O2S. The summed E-state index contributed by atoms with van der Waals surface area (Å²) >= 11 is 7.38. The Morgan fingerprint density at radius 3 is 2.47 bits per heavy atom. The van der Waals surface area contributed by atoms with E-state index in [1.54, 1.807) is 24.7 Å². The molecule has 2 aliphatic rings. The van der Waals surface area contributed by atoms with Gasteiger partial charge in [0.05, 0.1) is 22.0 Å². The smallest absolute Gasteiger partial charge is 0.270 e. The molecule has 9 heteroatoms. The zero-order valence-electron chi connectivity index (χ0n) is 26.2. The molecule has 1 N–H and O–H groups in total. The number of allylic oxidation sites excluding steroid dienone is 5. The molecule has 0 atom stereocenters. The number of carbonyl (C=O) groups is 1. The van der Waals surface area contributed by atoms with Crippen LogP contribution in [-0.2, 0) is 9.63 Å². The van der Waals surface area contributed by atoms with E-state index in [0.717, 1.165) is 41.0 Å². The van der Waals surface area contributed by atoms with Crippen molar-refractivity contribution in [3.8, 4) is 0 Å². The van der Waals surface area contributed by atoms with Crippen molar-refractivity contribution in [3.05, 3.63) is 100 Å². The van der Waals surface area contributed by atoms with Crippen LogP contribution in [0.1, 0.15) is 58.8 Å². The fourth-order valence-electron chi connectivity index (χ4n) is 4.39. The first-order chi connectivity index (χ1) is 20.9. The first kappa shape index (κ1) is 35.6. The van der Waals surface area contributed by atoms with Crippen molar-refractivity contribution in [3.63, 3.8) is 0 Å². The SMILES string of the molecule is C=C(C)/C=C\C=C1\C=C(C(=O)N2CCC(Nc3ccncc3)CC2)N(C/C=N/OC(=C)c2ccc(Cl)s2)CC1.CC.CC. The maximum Gasteiger partial charge on any atom is 0.270 e. The summed E-state index contributed by atoms with van der Waals surface area (Å²) in [5.41, 5.74) is 3.82. The summed E-state index contributed by atoms with van der Waals surface area (Å²) in [6.07, 6.45) is 15.8. The topological polar surface area (TPSA) is 70.1 Å². The van der Waals surface area contributed by atoms with Gasteiger partial charge >= 0.3 is 0 Å². The molecule has 0 bridgehead atoms. The van der Waals surface area contributed by atoms with E-state index in [4.69, 9.17) is 16.4 Å². The van der Waals surface area contributed by atoms with Gasteiger partial charge in [0.2, 0.25) is 0 Å². The standard InChI is InChI=1S/C30H34ClN5O2S.2C2H6/c1-22(2)5-4-6-24-11-17-35(20-16-33-38-23(3)28-7-8-29(31)39-28)27(21-24)30(37)36-18-12-26(13-19-36)34-25-9-14-32-15-10-25;2*1-2/h4-10,14-16,21,26H,1,3,11-13,17-20H2,2H3,(H,32,34);2*1-2H3/b5-4-,24-6+,33-16+;;. The van der Waals surface area contributed by atoms with E-state index in [0.29, 0.717) is 48.0 Å². The lowest BCUT2D eigenvalue weighted by molar-refractivity contribution is -0.129. The minimum atomic E-state index is 0.0406. The third kappa shape index (κ3) is 11.9. The van der Waals surface area contributed by atoms with Gasteiger partial charge in [-0.05, 0) is 62.1 Å². The summed E-state index contributed by atoms with van der Waals surface area (Å²) in [6.45, 7) is 20.3. The van der Waals surface area contributed by atoms with Gasteiger partial charge in [-0.1, -0.05) is 81.4 Å². The zero-order valence-corrected chi connectivity index (χ0v) is 27.8. The minimum Gasteiger partial charge on any atom is -0.382 e. The molecule has 7 nitrogen and oxygen atoms in total. The molecule has 4 rings (SSSR count). The van der Waals surface area contributed by atoms with Crippen LogP contribution in [0.3, 0.4) is 0 Å². The third-order valence-electron chi connectivity index (χ3n) is 6.46. The predicted octanol–water partition coefficient (Wildman–Crippen LogP) is 8.57. The summed E-state index contributed by atoms with van der Waals surface area (Å²) in [7, 11) is 0. The van der Waals surface area contributed by atoms with Gasteiger partial charge in [-0.2, -0.15) is 0 Å². The molecule has 2 aromatic rings. The molecule has 1 amide bonds. The number of piperidine rings is 1. The lowest BCUT2D eigenvalue weighted by Gasteiger charge is -2.37. The van der Waals surface area contributed by atoms with E-state index in [1.807, 2.05) is 75.9 Å². The Balaban J connectivity index is 0.00000155. The van der Waals surface area contributed by atoms with Crippen LogP contribution in [0.4, 0.5) is 5.69 Å². The second-order valence-electron chi connectivity index (χ2n) is 9.53. The molecule has 0 aliphatic carbocycles. The van der Waals surface area contributed by atoms with E-state index in [9.17, 15) is 4.79 Å². The van der Waals surface area contributed by atoms with Gasteiger partial charge in [0, 0.05) is 43.8 Å². The van der Waals surface area contributed by atoms with Gasteiger partial charge < -0.3 is 20.0 Å². The zero-order chi connectivity index (χ0) is 31.6.